The van der Waals surface area contributed by atoms with E-state index in [0.29, 0.717) is 29.3 Å². The largest absolute Gasteiger partial charge is 0.383 e. The van der Waals surface area contributed by atoms with E-state index in [4.69, 9.17) is 0 Å². The highest BCUT2D eigenvalue weighted by atomic mass is 79.9. The second kappa shape index (κ2) is 6.34. The van der Waals surface area contributed by atoms with Crippen molar-refractivity contribution >= 4 is 32.6 Å². The minimum absolute atomic E-state index is 0.168. The number of fused-ring (bicyclic) bond motifs is 1. The van der Waals surface area contributed by atoms with Gasteiger partial charge in [-0.3, -0.25) is 9.59 Å². The molecule has 1 atom stereocenters. The lowest BCUT2D eigenvalue weighted by atomic mass is 9.93. The van der Waals surface area contributed by atoms with E-state index in [1.165, 1.54) is 6.20 Å². The fraction of sp³-hybridized carbons (Fsp3) is 0.211. The molecule has 2 heterocycles. The number of amides is 1. The maximum atomic E-state index is 12.9. The standard InChI is InChI=1S/C19H16BrN3O3/c20-15-3-1-2-14(9-15)19(26)6-7-23(11-19)18(25)12-4-5-16-13(8-12)10-21-22-17(16)24/h1-5,8-10,26H,6-7,11H2,(H,22,24). The van der Waals surface area contributed by atoms with Crippen LogP contribution in [0.3, 0.4) is 0 Å². The van der Waals surface area contributed by atoms with Crippen molar-refractivity contribution in [2.24, 2.45) is 0 Å². The first-order chi connectivity index (χ1) is 12.5. The molecule has 7 heteroatoms. The molecule has 0 saturated carbocycles. The van der Waals surface area contributed by atoms with E-state index in [0.717, 1.165) is 10.0 Å². The normalized spacial score (nSPS) is 19.8. The maximum Gasteiger partial charge on any atom is 0.272 e. The highest BCUT2D eigenvalue weighted by molar-refractivity contribution is 9.10. The van der Waals surface area contributed by atoms with Gasteiger partial charge in [0.25, 0.3) is 11.5 Å². The first-order valence-corrected chi connectivity index (χ1v) is 9.01. The van der Waals surface area contributed by atoms with E-state index in [-0.39, 0.29) is 18.0 Å². The summed E-state index contributed by atoms with van der Waals surface area (Å²) < 4.78 is 0.889. The van der Waals surface area contributed by atoms with Crippen LogP contribution in [0.25, 0.3) is 10.8 Å². The number of benzene rings is 2. The minimum Gasteiger partial charge on any atom is -0.383 e. The van der Waals surface area contributed by atoms with Gasteiger partial charge in [0.05, 0.1) is 18.1 Å². The molecule has 1 amide bonds. The number of halogens is 1. The molecule has 1 saturated heterocycles. The van der Waals surface area contributed by atoms with Crippen LogP contribution in [-0.4, -0.2) is 39.2 Å². The van der Waals surface area contributed by atoms with Gasteiger partial charge in [-0.25, -0.2) is 5.10 Å². The number of aromatic amines is 1. The van der Waals surface area contributed by atoms with Gasteiger partial charge in [0.2, 0.25) is 0 Å². The van der Waals surface area contributed by atoms with Crippen LogP contribution >= 0.6 is 15.9 Å². The number of nitrogens with zero attached hydrogens (tertiary/aromatic N) is 2. The highest BCUT2D eigenvalue weighted by Gasteiger charge is 2.39. The number of carbonyl (C=O) groups is 1. The van der Waals surface area contributed by atoms with Crippen molar-refractivity contribution in [1.82, 2.24) is 15.1 Å². The van der Waals surface area contributed by atoms with Crippen LogP contribution in [-0.2, 0) is 5.60 Å². The van der Waals surface area contributed by atoms with Crippen molar-refractivity contribution in [1.29, 1.82) is 0 Å². The zero-order chi connectivity index (χ0) is 18.3. The van der Waals surface area contributed by atoms with Crippen molar-refractivity contribution in [2.45, 2.75) is 12.0 Å². The molecule has 0 bridgehead atoms. The number of carbonyl (C=O) groups excluding carboxylic acids is 1. The van der Waals surface area contributed by atoms with E-state index in [9.17, 15) is 14.7 Å². The molecule has 6 nitrogen and oxygen atoms in total. The SMILES string of the molecule is O=C(c1ccc2c(=O)[nH]ncc2c1)N1CCC(O)(c2cccc(Br)c2)C1. The fourth-order valence-electron chi connectivity index (χ4n) is 3.39. The quantitative estimate of drug-likeness (QED) is 0.675. The summed E-state index contributed by atoms with van der Waals surface area (Å²) in [4.78, 5) is 26.2. The molecule has 1 aromatic heterocycles. The summed E-state index contributed by atoms with van der Waals surface area (Å²) in [6.07, 6.45) is 2.00. The van der Waals surface area contributed by atoms with Gasteiger partial charge in [-0.1, -0.05) is 28.1 Å². The smallest absolute Gasteiger partial charge is 0.272 e. The Morgan fingerprint density at radius 3 is 2.92 bits per heavy atom. The number of aromatic nitrogens is 2. The van der Waals surface area contributed by atoms with Gasteiger partial charge in [0, 0.05) is 22.0 Å². The number of hydrogen-bond donors (Lipinski definition) is 2. The number of β-amino-alcohol motifs (C(OH)–C–C–N with tert-alkyl or cyclic N) is 1. The van der Waals surface area contributed by atoms with Crippen LogP contribution < -0.4 is 5.56 Å². The Morgan fingerprint density at radius 1 is 1.27 bits per heavy atom. The van der Waals surface area contributed by atoms with E-state index >= 15 is 0 Å². The van der Waals surface area contributed by atoms with Crippen molar-refractivity contribution in [3.05, 3.63) is 74.6 Å². The summed E-state index contributed by atoms with van der Waals surface area (Å²) >= 11 is 3.42. The molecule has 2 aromatic carbocycles. The van der Waals surface area contributed by atoms with E-state index in [2.05, 4.69) is 26.1 Å². The maximum absolute atomic E-state index is 12.9. The number of nitrogens with one attached hydrogen (secondary N) is 1. The molecule has 0 aliphatic carbocycles. The summed E-state index contributed by atoms with van der Waals surface area (Å²) in [5.41, 5.74) is -0.0823. The Morgan fingerprint density at radius 2 is 2.12 bits per heavy atom. The number of rotatable bonds is 2. The average Bonchev–Trinajstić information content (AvgIpc) is 3.05. The third-order valence-electron chi connectivity index (χ3n) is 4.81. The van der Waals surface area contributed by atoms with Crippen molar-refractivity contribution < 1.29 is 9.90 Å². The first-order valence-electron chi connectivity index (χ1n) is 8.21. The van der Waals surface area contributed by atoms with Crippen LogP contribution in [0, 0.1) is 0 Å². The van der Waals surface area contributed by atoms with Gasteiger partial charge in [0.1, 0.15) is 5.60 Å². The van der Waals surface area contributed by atoms with Crippen LogP contribution in [0.15, 0.2) is 57.9 Å². The number of hydrogen-bond acceptors (Lipinski definition) is 4. The topological polar surface area (TPSA) is 86.3 Å². The third-order valence-corrected chi connectivity index (χ3v) is 5.30. The first kappa shape index (κ1) is 16.9. The summed E-state index contributed by atoms with van der Waals surface area (Å²) in [7, 11) is 0. The summed E-state index contributed by atoms with van der Waals surface area (Å²) in [6.45, 7) is 0.696. The highest BCUT2D eigenvalue weighted by Crippen LogP contribution is 2.34. The molecule has 1 fully saturated rings. The molecular weight excluding hydrogens is 398 g/mol. The molecule has 4 rings (SSSR count). The number of H-pyrrole nitrogens is 1. The Hall–Kier alpha value is -2.51. The van der Waals surface area contributed by atoms with Crippen molar-refractivity contribution in [2.75, 3.05) is 13.1 Å². The second-order valence-electron chi connectivity index (χ2n) is 6.52. The molecule has 1 unspecified atom stereocenters. The van der Waals surface area contributed by atoms with Gasteiger partial charge in [0.15, 0.2) is 0 Å². The fourth-order valence-corrected chi connectivity index (χ4v) is 3.79. The second-order valence-corrected chi connectivity index (χ2v) is 7.44. The van der Waals surface area contributed by atoms with Crippen LogP contribution in [0.1, 0.15) is 22.3 Å². The van der Waals surface area contributed by atoms with Crippen LogP contribution in [0.4, 0.5) is 0 Å². The molecule has 3 aromatic rings. The van der Waals surface area contributed by atoms with E-state index in [1.54, 1.807) is 23.1 Å². The zero-order valence-electron chi connectivity index (χ0n) is 13.8. The summed E-state index contributed by atoms with van der Waals surface area (Å²) in [6, 6.07) is 12.4. The lowest BCUT2D eigenvalue weighted by Crippen LogP contribution is -2.34. The predicted molar refractivity (Wildman–Crippen MR) is 101 cm³/mol. The third kappa shape index (κ3) is 2.93. The van der Waals surface area contributed by atoms with Gasteiger partial charge < -0.3 is 10.0 Å². The van der Waals surface area contributed by atoms with Crippen LogP contribution in [0.2, 0.25) is 0 Å². The Balaban J connectivity index is 1.61. The Bertz CT molecular complexity index is 1070. The monoisotopic (exact) mass is 413 g/mol. The molecular formula is C19H16BrN3O3. The zero-order valence-corrected chi connectivity index (χ0v) is 15.4. The molecule has 0 radical (unpaired) electrons. The Kier molecular flexibility index (Phi) is 4.13. The van der Waals surface area contributed by atoms with Gasteiger partial charge in [-0.2, -0.15) is 5.10 Å². The summed E-state index contributed by atoms with van der Waals surface area (Å²) in [5, 5.41) is 18.2. The van der Waals surface area contributed by atoms with Crippen molar-refractivity contribution in [3.8, 4) is 0 Å². The average molecular weight is 414 g/mol. The molecule has 1 aliphatic rings. The number of likely N-dealkylation sites (tertiary alicyclic amines) is 1. The lowest BCUT2D eigenvalue weighted by Gasteiger charge is -2.24. The molecule has 26 heavy (non-hydrogen) atoms. The van der Waals surface area contributed by atoms with Gasteiger partial charge in [-0.15, -0.1) is 0 Å². The van der Waals surface area contributed by atoms with Gasteiger partial charge >= 0.3 is 0 Å². The predicted octanol–water partition coefficient (Wildman–Crippen LogP) is 2.42. The molecule has 2 N–H and O–H groups in total. The van der Waals surface area contributed by atoms with Crippen molar-refractivity contribution in [3.63, 3.8) is 0 Å². The molecule has 132 valence electrons. The number of aliphatic hydroxyl groups is 1. The van der Waals surface area contributed by atoms with E-state index in [1.807, 2.05) is 24.3 Å². The van der Waals surface area contributed by atoms with Crippen LogP contribution in [0.5, 0.6) is 0 Å². The van der Waals surface area contributed by atoms with E-state index < -0.39 is 5.60 Å². The summed E-state index contributed by atoms with van der Waals surface area (Å²) in [5.74, 6) is -0.168. The Labute approximate surface area is 157 Å². The molecule has 1 aliphatic heterocycles. The lowest BCUT2D eigenvalue weighted by molar-refractivity contribution is 0.0417. The van der Waals surface area contributed by atoms with Gasteiger partial charge in [-0.05, 0) is 42.3 Å². The minimum atomic E-state index is -1.06. The molecule has 0 spiro atoms.